The quantitative estimate of drug-likeness (QED) is 0.553. The van der Waals surface area contributed by atoms with Gasteiger partial charge >= 0.3 is 0 Å². The fourth-order valence-electron chi connectivity index (χ4n) is 2.03. The molecule has 1 atom stereocenters. The van der Waals surface area contributed by atoms with Gasteiger partial charge in [0, 0.05) is 5.69 Å². The average molecular weight is 356 g/mol. The zero-order valence-electron chi connectivity index (χ0n) is 12.6. The van der Waals surface area contributed by atoms with E-state index in [2.05, 4.69) is 15.3 Å². The van der Waals surface area contributed by atoms with Crippen LogP contribution in [0.2, 0.25) is 0 Å². The van der Waals surface area contributed by atoms with Gasteiger partial charge in [-0.2, -0.15) is 5.26 Å². The number of benzene rings is 1. The number of H-pyrrole nitrogens is 1. The van der Waals surface area contributed by atoms with Crippen molar-refractivity contribution in [1.82, 2.24) is 9.97 Å². The third-order valence-corrected chi connectivity index (χ3v) is 5.02. The van der Waals surface area contributed by atoms with Gasteiger partial charge in [-0.3, -0.25) is 9.59 Å². The number of carbonyl (C=O) groups excluding carboxylic acids is 1. The topological polar surface area (TPSA) is 98.6 Å². The van der Waals surface area contributed by atoms with Gasteiger partial charge in [-0.15, -0.1) is 11.3 Å². The molecule has 1 unspecified atom stereocenters. The monoisotopic (exact) mass is 356 g/mol. The number of hydrogen-bond acceptors (Lipinski definition) is 6. The Labute approximate surface area is 145 Å². The van der Waals surface area contributed by atoms with E-state index in [1.807, 2.05) is 6.07 Å². The molecule has 0 saturated heterocycles. The molecule has 120 valence electrons. The number of thiophene rings is 1. The molecule has 0 aliphatic carbocycles. The number of amides is 1. The molecule has 1 aromatic carbocycles. The summed E-state index contributed by atoms with van der Waals surface area (Å²) < 4.78 is 0. The Morgan fingerprint density at radius 2 is 2.29 bits per heavy atom. The van der Waals surface area contributed by atoms with E-state index in [0.29, 0.717) is 26.6 Å². The van der Waals surface area contributed by atoms with Gasteiger partial charge in [0.05, 0.1) is 22.3 Å². The molecule has 2 heterocycles. The summed E-state index contributed by atoms with van der Waals surface area (Å²) in [4.78, 5) is 31.9. The van der Waals surface area contributed by atoms with Gasteiger partial charge in [0.25, 0.3) is 5.56 Å². The highest BCUT2D eigenvalue weighted by Crippen LogP contribution is 2.23. The van der Waals surface area contributed by atoms with Crippen molar-refractivity contribution in [2.75, 3.05) is 5.32 Å². The summed E-state index contributed by atoms with van der Waals surface area (Å²) in [6.07, 6.45) is 0. The maximum absolute atomic E-state index is 12.3. The number of nitrogens with one attached hydrogen (secondary N) is 2. The summed E-state index contributed by atoms with van der Waals surface area (Å²) in [6.45, 7) is 1.73. The molecule has 0 saturated carbocycles. The van der Waals surface area contributed by atoms with Crippen LogP contribution >= 0.6 is 23.1 Å². The summed E-state index contributed by atoms with van der Waals surface area (Å²) in [7, 11) is 0. The van der Waals surface area contributed by atoms with E-state index in [9.17, 15) is 9.59 Å². The lowest BCUT2D eigenvalue weighted by Gasteiger charge is -2.11. The average Bonchev–Trinajstić information content (AvgIpc) is 3.04. The number of hydrogen-bond donors (Lipinski definition) is 2. The normalized spacial score (nSPS) is 11.8. The van der Waals surface area contributed by atoms with Gasteiger partial charge in [-0.25, -0.2) is 4.98 Å². The molecule has 0 radical (unpaired) electrons. The molecule has 2 aromatic heterocycles. The van der Waals surface area contributed by atoms with Crippen molar-refractivity contribution in [3.8, 4) is 6.07 Å². The summed E-state index contributed by atoms with van der Waals surface area (Å²) in [6, 6.07) is 10.4. The first kappa shape index (κ1) is 16.2. The van der Waals surface area contributed by atoms with Gasteiger partial charge in [-0.1, -0.05) is 17.8 Å². The second-order valence-electron chi connectivity index (χ2n) is 4.95. The van der Waals surface area contributed by atoms with Crippen LogP contribution < -0.4 is 10.9 Å². The van der Waals surface area contributed by atoms with Crippen molar-refractivity contribution in [1.29, 1.82) is 5.26 Å². The lowest BCUT2D eigenvalue weighted by Crippen LogP contribution is -2.23. The Balaban J connectivity index is 1.73. The highest BCUT2D eigenvalue weighted by Gasteiger charge is 2.17. The largest absolute Gasteiger partial charge is 0.325 e. The molecule has 6 nitrogen and oxygen atoms in total. The van der Waals surface area contributed by atoms with Crippen LogP contribution in [0.3, 0.4) is 0 Å². The van der Waals surface area contributed by atoms with E-state index in [-0.39, 0.29) is 11.5 Å². The fourth-order valence-corrected chi connectivity index (χ4v) is 3.65. The lowest BCUT2D eigenvalue weighted by atomic mass is 10.2. The first-order valence-corrected chi connectivity index (χ1v) is 8.78. The number of carbonyl (C=O) groups is 1. The van der Waals surface area contributed by atoms with Crippen molar-refractivity contribution < 1.29 is 4.79 Å². The molecule has 24 heavy (non-hydrogen) atoms. The molecule has 3 rings (SSSR count). The molecule has 0 aliphatic heterocycles. The molecule has 2 N–H and O–H groups in total. The number of nitriles is 1. The zero-order valence-corrected chi connectivity index (χ0v) is 14.2. The standard InChI is InChI=1S/C16H12N4O2S2/c1-9(13(21)18-11-4-2-3-10(7-11)8-17)24-16-19-14(22)12-5-6-23-15(12)20-16/h2-7,9H,1H3,(H,18,21)(H,19,20,22). The molecule has 0 spiro atoms. The minimum absolute atomic E-state index is 0.210. The number of rotatable bonds is 4. The SMILES string of the molecule is CC(Sc1nc2sccc2c(=O)[nH]1)C(=O)Nc1cccc(C#N)c1. The van der Waals surface area contributed by atoms with Crippen molar-refractivity contribution >= 4 is 44.9 Å². The first-order chi connectivity index (χ1) is 11.6. The number of anilines is 1. The number of aromatic nitrogens is 2. The van der Waals surface area contributed by atoms with Crippen LogP contribution in [-0.4, -0.2) is 21.1 Å². The van der Waals surface area contributed by atoms with Gasteiger partial charge in [0.1, 0.15) is 4.83 Å². The van der Waals surface area contributed by atoms with Crippen LogP contribution in [0.1, 0.15) is 12.5 Å². The van der Waals surface area contributed by atoms with Crippen molar-refractivity contribution in [3.05, 3.63) is 51.6 Å². The van der Waals surface area contributed by atoms with E-state index >= 15 is 0 Å². The van der Waals surface area contributed by atoms with Crippen LogP contribution in [0, 0.1) is 11.3 Å². The van der Waals surface area contributed by atoms with Crippen molar-refractivity contribution in [2.24, 2.45) is 0 Å². The zero-order chi connectivity index (χ0) is 17.1. The number of fused-ring (bicyclic) bond motifs is 1. The maximum atomic E-state index is 12.3. The Morgan fingerprint density at radius 3 is 3.08 bits per heavy atom. The smallest absolute Gasteiger partial charge is 0.260 e. The Hall–Kier alpha value is -2.63. The predicted octanol–water partition coefficient (Wildman–Crippen LogP) is 2.98. The van der Waals surface area contributed by atoms with Crippen molar-refractivity contribution in [3.63, 3.8) is 0 Å². The molecular formula is C16H12N4O2S2. The highest BCUT2D eigenvalue weighted by atomic mass is 32.2. The van der Waals surface area contributed by atoms with E-state index in [4.69, 9.17) is 5.26 Å². The van der Waals surface area contributed by atoms with Crippen LogP contribution in [0.15, 0.2) is 45.7 Å². The van der Waals surface area contributed by atoms with Gasteiger partial charge < -0.3 is 10.3 Å². The Bertz CT molecular complexity index is 1000. The predicted molar refractivity (Wildman–Crippen MR) is 95.3 cm³/mol. The molecular weight excluding hydrogens is 344 g/mol. The van der Waals surface area contributed by atoms with Crippen LogP contribution in [-0.2, 0) is 4.79 Å². The molecule has 8 heteroatoms. The molecule has 0 aliphatic rings. The first-order valence-electron chi connectivity index (χ1n) is 7.02. The van der Waals surface area contributed by atoms with Crippen LogP contribution in [0.5, 0.6) is 0 Å². The third kappa shape index (κ3) is 3.48. The minimum Gasteiger partial charge on any atom is -0.325 e. The fraction of sp³-hybridized carbons (Fsp3) is 0.125. The second kappa shape index (κ2) is 6.86. The van der Waals surface area contributed by atoms with Crippen molar-refractivity contribution in [2.45, 2.75) is 17.3 Å². The van der Waals surface area contributed by atoms with E-state index in [1.54, 1.807) is 42.6 Å². The summed E-state index contributed by atoms with van der Waals surface area (Å²) in [5.41, 5.74) is 0.821. The molecule has 3 aromatic rings. The lowest BCUT2D eigenvalue weighted by molar-refractivity contribution is -0.115. The summed E-state index contributed by atoms with van der Waals surface area (Å²) in [5.74, 6) is -0.232. The van der Waals surface area contributed by atoms with Gasteiger partial charge in [0.15, 0.2) is 5.16 Å². The van der Waals surface area contributed by atoms with Gasteiger partial charge in [0.2, 0.25) is 5.91 Å². The number of nitrogens with zero attached hydrogens (tertiary/aromatic N) is 2. The molecule has 0 fully saturated rings. The molecule has 1 amide bonds. The third-order valence-electron chi connectivity index (χ3n) is 3.23. The van der Waals surface area contributed by atoms with Crippen LogP contribution in [0.4, 0.5) is 5.69 Å². The minimum atomic E-state index is -0.462. The Morgan fingerprint density at radius 1 is 1.46 bits per heavy atom. The van der Waals surface area contributed by atoms with Gasteiger partial charge in [-0.05, 0) is 36.6 Å². The van der Waals surface area contributed by atoms with E-state index in [1.165, 1.54) is 23.1 Å². The summed E-state index contributed by atoms with van der Waals surface area (Å²) >= 11 is 2.56. The van der Waals surface area contributed by atoms with E-state index in [0.717, 1.165) is 0 Å². The highest BCUT2D eigenvalue weighted by molar-refractivity contribution is 8.00. The summed E-state index contributed by atoms with van der Waals surface area (Å²) in [5, 5.41) is 13.9. The second-order valence-corrected chi connectivity index (χ2v) is 7.18. The van der Waals surface area contributed by atoms with E-state index < -0.39 is 5.25 Å². The van der Waals surface area contributed by atoms with Crippen LogP contribution in [0.25, 0.3) is 10.2 Å². The maximum Gasteiger partial charge on any atom is 0.260 e. The number of thioether (sulfide) groups is 1. The molecule has 0 bridgehead atoms. The number of aromatic amines is 1. The Kier molecular flexibility index (Phi) is 4.64.